The van der Waals surface area contributed by atoms with Crippen LogP contribution in [0.4, 0.5) is 0 Å². The number of hydrogen-bond acceptors (Lipinski definition) is 4. The first-order valence-corrected chi connectivity index (χ1v) is 7.28. The van der Waals surface area contributed by atoms with Crippen LogP contribution in [0.1, 0.15) is 18.2 Å². The second kappa shape index (κ2) is 7.97. The molecule has 2 N–H and O–H groups in total. The topological polar surface area (TPSA) is 86.3 Å². The minimum Gasteiger partial charge on any atom is -0.465 e. The first-order chi connectivity index (χ1) is 11.1. The highest BCUT2D eigenvalue weighted by atomic mass is 16.3. The molecule has 2 rings (SSSR count). The van der Waals surface area contributed by atoms with Gasteiger partial charge >= 0.3 is 0 Å². The van der Waals surface area contributed by atoms with Crippen LogP contribution < -0.4 is 5.32 Å². The maximum absolute atomic E-state index is 12.1. The van der Waals surface area contributed by atoms with Crippen LogP contribution in [0.15, 0.2) is 58.7 Å². The standard InChI is InChI=1S/C18H18N2O3/c1-13(17(21)10-14-6-3-2-4-7-14)20-18(22)15(12-19)11-16-8-5-9-23-16/h2-9,11,13,17,21H,10H2,1H3,(H,20,22)/b15-11+. The summed E-state index contributed by atoms with van der Waals surface area (Å²) in [6, 6.07) is 14.2. The molecular formula is C18H18N2O3. The predicted molar refractivity (Wildman–Crippen MR) is 86.1 cm³/mol. The normalized spacial score (nSPS) is 13.9. The Balaban J connectivity index is 1.97. The number of furan rings is 1. The Morgan fingerprint density at radius 2 is 2.09 bits per heavy atom. The largest absolute Gasteiger partial charge is 0.465 e. The van der Waals surface area contributed by atoms with Crippen molar-refractivity contribution in [1.29, 1.82) is 5.26 Å². The molecule has 0 spiro atoms. The van der Waals surface area contributed by atoms with E-state index in [2.05, 4.69) is 5.32 Å². The number of nitriles is 1. The Morgan fingerprint density at radius 3 is 2.70 bits per heavy atom. The van der Waals surface area contributed by atoms with Gasteiger partial charge in [0.2, 0.25) is 0 Å². The van der Waals surface area contributed by atoms with Crippen molar-refractivity contribution >= 4 is 12.0 Å². The summed E-state index contributed by atoms with van der Waals surface area (Å²) in [4.78, 5) is 12.1. The number of aliphatic hydroxyl groups is 1. The predicted octanol–water partition coefficient (Wildman–Crippen LogP) is 2.29. The van der Waals surface area contributed by atoms with Crippen LogP contribution in [0.25, 0.3) is 6.08 Å². The number of benzene rings is 1. The van der Waals surface area contributed by atoms with Crippen molar-refractivity contribution in [3.05, 3.63) is 65.6 Å². The number of amides is 1. The van der Waals surface area contributed by atoms with Crippen molar-refractivity contribution in [2.24, 2.45) is 0 Å². The van der Waals surface area contributed by atoms with E-state index in [1.165, 1.54) is 12.3 Å². The van der Waals surface area contributed by atoms with Crippen LogP contribution in [0.3, 0.4) is 0 Å². The molecule has 0 aliphatic heterocycles. The Morgan fingerprint density at radius 1 is 1.35 bits per heavy atom. The van der Waals surface area contributed by atoms with Gasteiger partial charge in [0, 0.05) is 12.5 Å². The number of carbonyl (C=O) groups excluding carboxylic acids is 1. The van der Waals surface area contributed by atoms with Crippen molar-refractivity contribution in [2.75, 3.05) is 0 Å². The summed E-state index contributed by atoms with van der Waals surface area (Å²) < 4.78 is 5.09. The van der Waals surface area contributed by atoms with Crippen LogP contribution in [-0.2, 0) is 11.2 Å². The van der Waals surface area contributed by atoms with Gasteiger partial charge in [-0.1, -0.05) is 30.3 Å². The van der Waals surface area contributed by atoms with Gasteiger partial charge in [0.25, 0.3) is 5.91 Å². The summed E-state index contributed by atoms with van der Waals surface area (Å²) in [5.74, 6) is -0.113. The molecule has 5 heteroatoms. The summed E-state index contributed by atoms with van der Waals surface area (Å²) in [6.45, 7) is 1.70. The highest BCUT2D eigenvalue weighted by Gasteiger charge is 2.19. The highest BCUT2D eigenvalue weighted by molar-refractivity contribution is 6.01. The van der Waals surface area contributed by atoms with Gasteiger partial charge in [-0.2, -0.15) is 5.26 Å². The minimum atomic E-state index is -0.745. The van der Waals surface area contributed by atoms with E-state index >= 15 is 0 Å². The second-order valence-corrected chi connectivity index (χ2v) is 5.20. The lowest BCUT2D eigenvalue weighted by Crippen LogP contribution is -2.42. The van der Waals surface area contributed by atoms with Gasteiger partial charge < -0.3 is 14.8 Å². The Hall–Kier alpha value is -2.84. The van der Waals surface area contributed by atoms with Crippen molar-refractivity contribution in [1.82, 2.24) is 5.32 Å². The number of carbonyl (C=O) groups is 1. The quantitative estimate of drug-likeness (QED) is 0.633. The third-order valence-electron chi connectivity index (χ3n) is 3.42. The Kier molecular flexibility index (Phi) is 5.73. The molecule has 5 nitrogen and oxygen atoms in total. The summed E-state index contributed by atoms with van der Waals surface area (Å²) in [7, 11) is 0. The third-order valence-corrected chi connectivity index (χ3v) is 3.42. The molecule has 0 saturated carbocycles. The zero-order chi connectivity index (χ0) is 16.7. The summed E-state index contributed by atoms with van der Waals surface area (Å²) in [5, 5.41) is 21.9. The molecule has 0 bridgehead atoms. The molecule has 1 aromatic heterocycles. The first kappa shape index (κ1) is 16.5. The molecule has 0 fully saturated rings. The zero-order valence-electron chi connectivity index (χ0n) is 12.8. The average molecular weight is 310 g/mol. The van der Waals surface area contributed by atoms with Gasteiger partial charge in [0.15, 0.2) is 0 Å². The zero-order valence-corrected chi connectivity index (χ0v) is 12.8. The number of nitrogens with one attached hydrogen (secondary N) is 1. The minimum absolute atomic E-state index is 0.0706. The van der Waals surface area contributed by atoms with Gasteiger partial charge in [-0.3, -0.25) is 4.79 Å². The van der Waals surface area contributed by atoms with Crippen molar-refractivity contribution in [3.63, 3.8) is 0 Å². The van der Waals surface area contributed by atoms with Gasteiger partial charge in [0.05, 0.1) is 18.4 Å². The van der Waals surface area contributed by atoms with Crippen LogP contribution in [0.2, 0.25) is 0 Å². The molecule has 1 amide bonds. The maximum atomic E-state index is 12.1. The molecule has 1 heterocycles. The van der Waals surface area contributed by atoms with Gasteiger partial charge in [-0.25, -0.2) is 0 Å². The molecule has 1 aromatic carbocycles. The van der Waals surface area contributed by atoms with Crippen molar-refractivity contribution in [2.45, 2.75) is 25.5 Å². The third kappa shape index (κ3) is 4.83. The summed E-state index contributed by atoms with van der Waals surface area (Å²) in [6.07, 6.45) is 2.51. The molecule has 2 aromatic rings. The molecule has 2 unspecified atom stereocenters. The van der Waals surface area contributed by atoms with E-state index in [4.69, 9.17) is 9.68 Å². The van der Waals surface area contributed by atoms with E-state index in [-0.39, 0.29) is 5.57 Å². The summed E-state index contributed by atoms with van der Waals surface area (Å²) >= 11 is 0. The number of nitrogens with zero attached hydrogens (tertiary/aromatic N) is 1. The molecule has 118 valence electrons. The molecule has 2 atom stereocenters. The lowest BCUT2D eigenvalue weighted by Gasteiger charge is -2.20. The van der Waals surface area contributed by atoms with E-state index < -0.39 is 18.1 Å². The Labute approximate surface area is 134 Å². The lowest BCUT2D eigenvalue weighted by atomic mass is 10.0. The molecular weight excluding hydrogens is 292 g/mol. The molecule has 23 heavy (non-hydrogen) atoms. The Bertz CT molecular complexity index is 700. The maximum Gasteiger partial charge on any atom is 0.262 e. The molecule has 0 saturated heterocycles. The van der Waals surface area contributed by atoms with Crippen LogP contribution in [0.5, 0.6) is 0 Å². The number of hydrogen-bond donors (Lipinski definition) is 2. The smallest absolute Gasteiger partial charge is 0.262 e. The highest BCUT2D eigenvalue weighted by Crippen LogP contribution is 2.09. The van der Waals surface area contributed by atoms with E-state index in [9.17, 15) is 9.90 Å². The second-order valence-electron chi connectivity index (χ2n) is 5.20. The van der Waals surface area contributed by atoms with Gasteiger partial charge in [-0.05, 0) is 24.6 Å². The average Bonchev–Trinajstić information content (AvgIpc) is 3.06. The number of rotatable bonds is 6. The molecule has 0 aliphatic carbocycles. The van der Waals surface area contributed by atoms with Gasteiger partial charge in [0.1, 0.15) is 17.4 Å². The first-order valence-electron chi connectivity index (χ1n) is 7.28. The van der Waals surface area contributed by atoms with Crippen LogP contribution in [0, 0.1) is 11.3 Å². The van der Waals surface area contributed by atoms with Crippen molar-refractivity contribution in [3.8, 4) is 6.07 Å². The van der Waals surface area contributed by atoms with Crippen molar-refractivity contribution < 1.29 is 14.3 Å². The fourth-order valence-corrected chi connectivity index (χ4v) is 2.08. The van der Waals surface area contributed by atoms with E-state index in [1.807, 2.05) is 36.4 Å². The van der Waals surface area contributed by atoms with E-state index in [0.717, 1.165) is 5.56 Å². The number of aliphatic hydroxyl groups excluding tert-OH is 1. The fraction of sp³-hybridized carbons (Fsp3) is 0.222. The van der Waals surface area contributed by atoms with Gasteiger partial charge in [-0.15, -0.1) is 0 Å². The molecule has 0 aliphatic rings. The van der Waals surface area contributed by atoms with E-state index in [1.54, 1.807) is 19.1 Å². The van der Waals surface area contributed by atoms with E-state index in [0.29, 0.717) is 12.2 Å². The van der Waals surface area contributed by atoms with Crippen LogP contribution in [-0.4, -0.2) is 23.2 Å². The molecule has 0 radical (unpaired) electrons. The van der Waals surface area contributed by atoms with Crippen LogP contribution >= 0.6 is 0 Å². The fourth-order valence-electron chi connectivity index (χ4n) is 2.08. The monoisotopic (exact) mass is 310 g/mol. The SMILES string of the molecule is CC(NC(=O)/C(C#N)=C/c1ccco1)C(O)Cc1ccccc1. The summed E-state index contributed by atoms with van der Waals surface area (Å²) in [5.41, 5.74) is 0.909. The lowest BCUT2D eigenvalue weighted by molar-refractivity contribution is -0.118.